The maximum Gasteiger partial charge on any atom is 0.433 e. The molecule has 0 radical (unpaired) electrons. The van der Waals surface area contributed by atoms with Crippen molar-refractivity contribution >= 4 is 11.6 Å². The number of furan rings is 1. The van der Waals surface area contributed by atoms with Gasteiger partial charge in [-0.1, -0.05) is 0 Å². The van der Waals surface area contributed by atoms with E-state index in [0.717, 1.165) is 10.6 Å². The van der Waals surface area contributed by atoms with Gasteiger partial charge >= 0.3 is 6.18 Å². The third-order valence-corrected chi connectivity index (χ3v) is 4.72. The molecule has 4 rings (SSSR count). The number of hydrogen-bond acceptors (Lipinski definition) is 4. The van der Waals surface area contributed by atoms with E-state index in [-0.39, 0.29) is 23.2 Å². The highest BCUT2D eigenvalue weighted by Crippen LogP contribution is 2.33. The average Bonchev–Trinajstić information content (AvgIpc) is 3.28. The van der Waals surface area contributed by atoms with Crippen LogP contribution in [0.1, 0.15) is 46.4 Å². The Balaban J connectivity index is 1.68. The van der Waals surface area contributed by atoms with Gasteiger partial charge in [-0.3, -0.25) is 4.79 Å². The van der Waals surface area contributed by atoms with E-state index in [1.165, 1.54) is 12.3 Å². The van der Waals surface area contributed by atoms with Crippen molar-refractivity contribution in [3.8, 4) is 0 Å². The first kappa shape index (κ1) is 17.6. The predicted molar refractivity (Wildman–Crippen MR) is 89.3 cm³/mol. The number of carbonyl (C=O) groups is 1. The molecule has 3 aromatic rings. The number of aromatic nitrogens is 3. The lowest BCUT2D eigenvalue weighted by molar-refractivity contribution is -0.142. The topological polar surface area (TPSA) is 63.6 Å². The molecule has 1 aliphatic heterocycles. The van der Waals surface area contributed by atoms with Crippen LogP contribution in [0.15, 0.2) is 34.9 Å². The van der Waals surface area contributed by atoms with Crippen LogP contribution in [0.25, 0.3) is 5.65 Å². The highest BCUT2D eigenvalue weighted by Gasteiger charge is 2.36. The fraction of sp³-hybridized carbons (Fsp3) is 0.389. The molecule has 27 heavy (non-hydrogen) atoms. The second-order valence-electron chi connectivity index (χ2n) is 6.69. The van der Waals surface area contributed by atoms with Gasteiger partial charge in [0.05, 0.1) is 12.0 Å². The minimum absolute atomic E-state index is 0.159. The Morgan fingerprint density at radius 1 is 1.33 bits per heavy atom. The number of hydrogen-bond donors (Lipinski definition) is 0. The van der Waals surface area contributed by atoms with Crippen LogP contribution in [0.2, 0.25) is 0 Å². The number of likely N-dealkylation sites (tertiary alicyclic amines) is 1. The molecule has 1 aliphatic rings. The second-order valence-corrected chi connectivity index (χ2v) is 6.69. The van der Waals surface area contributed by atoms with Crippen LogP contribution in [0, 0.1) is 6.92 Å². The van der Waals surface area contributed by atoms with E-state index >= 15 is 0 Å². The van der Waals surface area contributed by atoms with Crippen molar-refractivity contribution in [1.29, 1.82) is 0 Å². The van der Waals surface area contributed by atoms with Gasteiger partial charge in [-0.05, 0) is 38.0 Å². The Kier molecular flexibility index (Phi) is 4.16. The van der Waals surface area contributed by atoms with E-state index in [4.69, 9.17) is 4.42 Å². The van der Waals surface area contributed by atoms with Gasteiger partial charge in [-0.15, -0.1) is 0 Å². The summed E-state index contributed by atoms with van der Waals surface area (Å²) >= 11 is 0. The van der Waals surface area contributed by atoms with Gasteiger partial charge in [-0.2, -0.15) is 18.3 Å². The number of nitrogens with zero attached hydrogens (tertiary/aromatic N) is 4. The van der Waals surface area contributed by atoms with Gasteiger partial charge in [0.15, 0.2) is 11.4 Å². The van der Waals surface area contributed by atoms with Gasteiger partial charge < -0.3 is 9.32 Å². The molecule has 0 spiro atoms. The molecule has 4 heterocycles. The summed E-state index contributed by atoms with van der Waals surface area (Å²) in [6.07, 6.45) is -1.78. The molecule has 1 atom stereocenters. The highest BCUT2D eigenvalue weighted by atomic mass is 19.4. The van der Waals surface area contributed by atoms with Crippen LogP contribution in [0.5, 0.6) is 0 Å². The number of alkyl halides is 3. The molecule has 0 N–H and O–H groups in total. The molecule has 0 aromatic carbocycles. The van der Waals surface area contributed by atoms with Crippen molar-refractivity contribution in [3.63, 3.8) is 0 Å². The number of rotatable bonds is 2. The summed E-state index contributed by atoms with van der Waals surface area (Å²) in [5.41, 5.74) is 0.0898. The number of piperidine rings is 1. The van der Waals surface area contributed by atoms with E-state index in [1.807, 2.05) is 0 Å². The maximum atomic E-state index is 13.5. The molecule has 142 valence electrons. The Bertz CT molecular complexity index is 979. The zero-order chi connectivity index (χ0) is 19.2. The van der Waals surface area contributed by atoms with Crippen LogP contribution in [0.4, 0.5) is 13.2 Å². The van der Waals surface area contributed by atoms with Crippen LogP contribution in [0.3, 0.4) is 0 Å². The van der Waals surface area contributed by atoms with Crippen molar-refractivity contribution in [3.05, 3.63) is 53.4 Å². The quantitative estimate of drug-likeness (QED) is 0.683. The Labute approximate surface area is 152 Å². The van der Waals surface area contributed by atoms with Gasteiger partial charge in [0, 0.05) is 30.8 Å². The van der Waals surface area contributed by atoms with Crippen LogP contribution in [-0.4, -0.2) is 38.5 Å². The summed E-state index contributed by atoms with van der Waals surface area (Å²) < 4.78 is 46.5. The van der Waals surface area contributed by atoms with E-state index in [1.54, 1.807) is 24.0 Å². The molecule has 3 aromatic heterocycles. The van der Waals surface area contributed by atoms with Crippen molar-refractivity contribution in [2.75, 3.05) is 13.1 Å². The van der Waals surface area contributed by atoms with Crippen molar-refractivity contribution in [2.45, 2.75) is 31.9 Å². The molecule has 0 aliphatic carbocycles. The summed E-state index contributed by atoms with van der Waals surface area (Å²) in [5, 5.41) is 3.90. The largest absolute Gasteiger partial charge is 0.459 e. The van der Waals surface area contributed by atoms with Crippen LogP contribution >= 0.6 is 0 Å². The van der Waals surface area contributed by atoms with Gasteiger partial charge in [0.25, 0.3) is 5.91 Å². The molecule has 1 fully saturated rings. The number of amides is 1. The summed E-state index contributed by atoms with van der Waals surface area (Å²) in [5.74, 6) is -0.317. The van der Waals surface area contributed by atoms with E-state index < -0.39 is 11.9 Å². The molecule has 0 bridgehead atoms. The number of carbonyl (C=O) groups excluding carboxylic acids is 1. The summed E-state index contributed by atoms with van der Waals surface area (Å²) in [6, 6.07) is 5.77. The number of fused-ring (bicyclic) bond motifs is 1. The zero-order valence-corrected chi connectivity index (χ0v) is 14.5. The van der Waals surface area contributed by atoms with E-state index in [2.05, 4.69) is 10.1 Å². The summed E-state index contributed by atoms with van der Waals surface area (Å²) in [6.45, 7) is 2.46. The fourth-order valence-corrected chi connectivity index (χ4v) is 3.48. The van der Waals surface area contributed by atoms with E-state index in [0.29, 0.717) is 37.3 Å². The van der Waals surface area contributed by atoms with Crippen LogP contribution in [-0.2, 0) is 6.18 Å². The van der Waals surface area contributed by atoms with Crippen molar-refractivity contribution in [1.82, 2.24) is 19.5 Å². The first-order chi connectivity index (χ1) is 12.8. The first-order valence-corrected chi connectivity index (χ1v) is 8.60. The molecule has 1 saturated heterocycles. The van der Waals surface area contributed by atoms with Gasteiger partial charge in [0.2, 0.25) is 0 Å². The smallest absolute Gasteiger partial charge is 0.433 e. The predicted octanol–water partition coefficient (Wildman–Crippen LogP) is 3.67. The standard InChI is InChI=1S/C18H17F3N4O2/c1-11-8-16-22-13(9-15(18(19,20)21)25(16)23-11)12-4-2-6-24(10-12)17(26)14-5-3-7-27-14/h3,5,7-9,12H,2,4,6,10H2,1H3. The minimum Gasteiger partial charge on any atom is -0.459 e. The highest BCUT2D eigenvalue weighted by molar-refractivity contribution is 5.91. The number of halogens is 3. The monoisotopic (exact) mass is 378 g/mol. The minimum atomic E-state index is -4.55. The van der Waals surface area contributed by atoms with Gasteiger partial charge in [0.1, 0.15) is 5.69 Å². The maximum absolute atomic E-state index is 13.5. The third kappa shape index (κ3) is 3.29. The second kappa shape index (κ2) is 6.40. The van der Waals surface area contributed by atoms with Gasteiger partial charge in [-0.25, -0.2) is 9.50 Å². The molecular formula is C18H17F3N4O2. The molecule has 0 saturated carbocycles. The molecular weight excluding hydrogens is 361 g/mol. The lowest BCUT2D eigenvalue weighted by Gasteiger charge is -2.32. The molecule has 1 amide bonds. The Morgan fingerprint density at radius 2 is 2.15 bits per heavy atom. The van der Waals surface area contributed by atoms with E-state index in [9.17, 15) is 18.0 Å². The fourth-order valence-electron chi connectivity index (χ4n) is 3.48. The lowest BCUT2D eigenvalue weighted by Crippen LogP contribution is -2.39. The van der Waals surface area contributed by atoms with Crippen LogP contribution < -0.4 is 0 Å². The normalized spacial score (nSPS) is 18.2. The summed E-state index contributed by atoms with van der Waals surface area (Å²) in [4.78, 5) is 18.5. The molecule has 9 heteroatoms. The Morgan fingerprint density at radius 3 is 2.85 bits per heavy atom. The molecule has 6 nitrogen and oxygen atoms in total. The molecule has 1 unspecified atom stereocenters. The lowest BCUT2D eigenvalue weighted by atomic mass is 9.94. The SMILES string of the molecule is Cc1cc2nc(C3CCCN(C(=O)c4ccco4)C3)cc(C(F)(F)F)n2n1. The third-order valence-electron chi connectivity index (χ3n) is 4.72. The van der Waals surface area contributed by atoms with Crippen molar-refractivity contribution < 1.29 is 22.4 Å². The van der Waals surface area contributed by atoms with Crippen molar-refractivity contribution in [2.24, 2.45) is 0 Å². The zero-order valence-electron chi connectivity index (χ0n) is 14.5. The first-order valence-electron chi connectivity index (χ1n) is 8.60. The summed E-state index contributed by atoms with van der Waals surface area (Å²) in [7, 11) is 0. The number of aryl methyl sites for hydroxylation is 1. The Hall–Kier alpha value is -2.84. The average molecular weight is 378 g/mol.